The number of nitrogens with zero attached hydrogens (tertiary/aromatic N) is 1. The minimum atomic E-state index is -1.32. The molecule has 0 amide bonds. The van der Waals surface area contributed by atoms with Crippen LogP contribution in [0.15, 0.2) is 0 Å². The number of likely N-dealkylation sites (N-methyl/N-ethyl adjacent to an activating group) is 1. The molecule has 0 spiro atoms. The van der Waals surface area contributed by atoms with E-state index < -0.39 is 5.60 Å². The predicted octanol–water partition coefficient (Wildman–Crippen LogP) is 4.50. The molecule has 0 aliphatic heterocycles. The summed E-state index contributed by atoms with van der Waals surface area (Å²) < 4.78 is 5.75. The molecule has 1 N–H and O–H groups in total. The molecule has 158 valence electrons. The number of carbonyl (C=O) groups excluding carboxylic acids is 1. The summed E-state index contributed by atoms with van der Waals surface area (Å²) in [6.45, 7) is 14.0. The van der Waals surface area contributed by atoms with Crippen molar-refractivity contribution in [1.82, 2.24) is 4.90 Å². The molecular formula is C23H43NO3. The summed E-state index contributed by atoms with van der Waals surface area (Å²) in [4.78, 5) is 15.6. The highest BCUT2D eigenvalue weighted by Crippen LogP contribution is 2.49. The van der Waals surface area contributed by atoms with Crippen molar-refractivity contribution in [3.63, 3.8) is 0 Å². The maximum absolute atomic E-state index is 13.3. The lowest BCUT2D eigenvalue weighted by Crippen LogP contribution is -2.59. The molecule has 4 nitrogen and oxygen atoms in total. The zero-order valence-corrected chi connectivity index (χ0v) is 18.4. The van der Waals surface area contributed by atoms with Crippen molar-refractivity contribution in [2.75, 3.05) is 26.2 Å². The third-order valence-electron chi connectivity index (χ3n) is 7.75. The van der Waals surface area contributed by atoms with Gasteiger partial charge in [0.2, 0.25) is 0 Å². The molecule has 0 aromatic heterocycles. The molecule has 0 radical (unpaired) electrons. The SMILES string of the molecule is CCN(CC)CCOC(=O)[C@@](O)(C1CCCCC1)[C@@H]1[C@@H](C)[C@@H](C)CC[C@H]1C. The van der Waals surface area contributed by atoms with Gasteiger partial charge < -0.3 is 14.7 Å². The van der Waals surface area contributed by atoms with Crippen LogP contribution in [0.25, 0.3) is 0 Å². The minimum absolute atomic E-state index is 0.00491. The van der Waals surface area contributed by atoms with Gasteiger partial charge in [0.25, 0.3) is 0 Å². The molecule has 0 aromatic rings. The van der Waals surface area contributed by atoms with Crippen molar-refractivity contribution in [2.45, 2.75) is 85.2 Å². The molecule has 0 unspecified atom stereocenters. The summed E-state index contributed by atoms with van der Waals surface area (Å²) in [5.74, 6) is 0.955. The quantitative estimate of drug-likeness (QED) is 0.629. The van der Waals surface area contributed by atoms with Crippen LogP contribution in [0.3, 0.4) is 0 Å². The van der Waals surface area contributed by atoms with Gasteiger partial charge in [-0.1, -0.05) is 66.7 Å². The highest BCUT2D eigenvalue weighted by atomic mass is 16.5. The van der Waals surface area contributed by atoms with Crippen molar-refractivity contribution in [1.29, 1.82) is 0 Å². The zero-order chi connectivity index (χ0) is 20.0. The van der Waals surface area contributed by atoms with Crippen molar-refractivity contribution < 1.29 is 14.6 Å². The molecule has 0 heterocycles. The fraction of sp³-hybridized carbons (Fsp3) is 0.957. The van der Waals surface area contributed by atoms with Crippen LogP contribution in [0.5, 0.6) is 0 Å². The van der Waals surface area contributed by atoms with E-state index in [-0.39, 0.29) is 17.8 Å². The molecule has 27 heavy (non-hydrogen) atoms. The second kappa shape index (κ2) is 10.2. The lowest BCUT2D eigenvalue weighted by atomic mass is 9.57. The number of ether oxygens (including phenoxy) is 1. The second-order valence-corrected chi connectivity index (χ2v) is 9.24. The summed E-state index contributed by atoms with van der Waals surface area (Å²) in [5, 5.41) is 12.0. The van der Waals surface area contributed by atoms with Crippen LogP contribution >= 0.6 is 0 Å². The highest BCUT2D eigenvalue weighted by Gasteiger charge is 2.56. The molecule has 2 rings (SSSR count). The maximum Gasteiger partial charge on any atom is 0.338 e. The molecular weight excluding hydrogens is 338 g/mol. The number of carbonyl (C=O) groups is 1. The van der Waals surface area contributed by atoms with Crippen LogP contribution in [0.1, 0.15) is 79.6 Å². The standard InChI is InChI=1S/C23H43NO3/c1-6-24(7-2)15-16-27-22(25)23(26,20-11-9-8-10-12-20)21-18(4)14-13-17(3)19(21)5/h17-21,26H,6-16H2,1-5H3/t17-,18+,19-,21-,23+/m0/s1. The van der Waals surface area contributed by atoms with E-state index in [9.17, 15) is 9.90 Å². The molecule has 2 fully saturated rings. The molecule has 4 heteroatoms. The van der Waals surface area contributed by atoms with Gasteiger partial charge in [0, 0.05) is 12.5 Å². The maximum atomic E-state index is 13.3. The van der Waals surface area contributed by atoms with Crippen molar-refractivity contribution in [3.05, 3.63) is 0 Å². The van der Waals surface area contributed by atoms with Gasteiger partial charge in [-0.3, -0.25) is 0 Å². The van der Waals surface area contributed by atoms with E-state index >= 15 is 0 Å². The Labute approximate surface area is 167 Å². The van der Waals surface area contributed by atoms with Gasteiger partial charge in [0.15, 0.2) is 5.60 Å². The highest BCUT2D eigenvalue weighted by molar-refractivity contribution is 5.80. The van der Waals surface area contributed by atoms with E-state index in [4.69, 9.17) is 4.74 Å². The monoisotopic (exact) mass is 381 g/mol. The van der Waals surface area contributed by atoms with E-state index in [1.165, 1.54) is 12.8 Å². The fourth-order valence-electron chi connectivity index (χ4n) is 5.72. The lowest BCUT2D eigenvalue weighted by molar-refractivity contribution is -0.195. The molecule has 0 saturated heterocycles. The van der Waals surface area contributed by atoms with Gasteiger partial charge in [-0.15, -0.1) is 0 Å². The Morgan fingerprint density at radius 1 is 1.00 bits per heavy atom. The normalized spacial score (nSPS) is 32.3. The number of aliphatic hydroxyl groups is 1. The number of hydrogen-bond donors (Lipinski definition) is 1. The van der Waals surface area contributed by atoms with Crippen LogP contribution in [0, 0.1) is 29.6 Å². The topological polar surface area (TPSA) is 49.8 Å². The van der Waals surface area contributed by atoms with Crippen LogP contribution in [0.2, 0.25) is 0 Å². The van der Waals surface area contributed by atoms with Crippen LogP contribution < -0.4 is 0 Å². The summed E-state index contributed by atoms with van der Waals surface area (Å²) in [6.07, 6.45) is 7.64. The average molecular weight is 382 g/mol. The first kappa shape index (κ1) is 22.7. The Bertz CT molecular complexity index is 459. The van der Waals surface area contributed by atoms with Crippen LogP contribution in [0.4, 0.5) is 0 Å². The van der Waals surface area contributed by atoms with Crippen molar-refractivity contribution in [2.24, 2.45) is 29.6 Å². The Balaban J connectivity index is 2.20. The van der Waals surface area contributed by atoms with E-state index in [1.807, 2.05) is 0 Å². The van der Waals surface area contributed by atoms with Gasteiger partial charge in [0.1, 0.15) is 6.61 Å². The largest absolute Gasteiger partial charge is 0.462 e. The number of rotatable bonds is 8. The summed E-state index contributed by atoms with van der Waals surface area (Å²) in [6, 6.07) is 0. The van der Waals surface area contributed by atoms with E-state index in [1.54, 1.807) is 0 Å². The van der Waals surface area contributed by atoms with Gasteiger partial charge in [-0.2, -0.15) is 0 Å². The molecule has 0 aromatic carbocycles. The molecule has 2 aliphatic rings. The summed E-state index contributed by atoms with van der Waals surface area (Å²) in [7, 11) is 0. The van der Waals surface area contributed by atoms with E-state index in [2.05, 4.69) is 39.5 Å². The Hall–Kier alpha value is -0.610. The number of hydrogen-bond acceptors (Lipinski definition) is 4. The number of esters is 1. The van der Waals surface area contributed by atoms with Crippen LogP contribution in [-0.4, -0.2) is 47.8 Å². The summed E-state index contributed by atoms with van der Waals surface area (Å²) in [5.41, 5.74) is -1.32. The molecule has 2 saturated carbocycles. The van der Waals surface area contributed by atoms with Crippen LogP contribution in [-0.2, 0) is 9.53 Å². The third-order valence-corrected chi connectivity index (χ3v) is 7.75. The Morgan fingerprint density at radius 3 is 2.19 bits per heavy atom. The van der Waals surface area contributed by atoms with Crippen molar-refractivity contribution >= 4 is 5.97 Å². The predicted molar refractivity (Wildman–Crippen MR) is 110 cm³/mol. The van der Waals surface area contributed by atoms with E-state index in [0.29, 0.717) is 24.4 Å². The Kier molecular flexibility index (Phi) is 8.61. The Morgan fingerprint density at radius 2 is 1.59 bits per heavy atom. The minimum Gasteiger partial charge on any atom is -0.462 e. The van der Waals surface area contributed by atoms with Gasteiger partial charge in [-0.25, -0.2) is 4.79 Å². The lowest BCUT2D eigenvalue weighted by Gasteiger charge is -2.50. The van der Waals surface area contributed by atoms with Gasteiger partial charge >= 0.3 is 5.97 Å². The summed E-state index contributed by atoms with van der Waals surface area (Å²) >= 11 is 0. The fourth-order valence-corrected chi connectivity index (χ4v) is 5.72. The smallest absolute Gasteiger partial charge is 0.338 e. The molecule has 5 atom stereocenters. The van der Waals surface area contributed by atoms with Gasteiger partial charge in [0.05, 0.1) is 0 Å². The van der Waals surface area contributed by atoms with Gasteiger partial charge in [-0.05, 0) is 49.6 Å². The first-order chi connectivity index (χ1) is 12.9. The zero-order valence-electron chi connectivity index (χ0n) is 18.4. The first-order valence-corrected chi connectivity index (χ1v) is 11.5. The van der Waals surface area contributed by atoms with Crippen molar-refractivity contribution in [3.8, 4) is 0 Å². The molecule has 0 bridgehead atoms. The average Bonchev–Trinajstić information content (AvgIpc) is 2.68. The first-order valence-electron chi connectivity index (χ1n) is 11.5. The second-order valence-electron chi connectivity index (χ2n) is 9.24. The molecule has 2 aliphatic carbocycles. The third kappa shape index (κ3) is 5.06. The van der Waals surface area contributed by atoms with E-state index in [0.717, 1.165) is 51.7 Å².